The molecule has 6 aromatic rings. The summed E-state index contributed by atoms with van der Waals surface area (Å²) in [4.78, 5) is 57.5. The molecule has 0 aromatic heterocycles. The van der Waals surface area contributed by atoms with Gasteiger partial charge in [-0.05, 0) is 63.9 Å². The van der Waals surface area contributed by atoms with Gasteiger partial charge in [0.15, 0.2) is 24.4 Å². The van der Waals surface area contributed by atoms with Crippen LogP contribution in [0.5, 0.6) is 0 Å². The lowest BCUT2D eigenvalue weighted by molar-refractivity contribution is -0.126. The third-order valence-corrected chi connectivity index (χ3v) is 19.0. The summed E-state index contributed by atoms with van der Waals surface area (Å²) in [5.41, 5.74) is 0.914. The molecule has 0 saturated carbocycles. The molecule has 12 heteroatoms. The molecule has 328 valence electrons. The molecule has 6 aromatic carbocycles. The maximum absolute atomic E-state index is 14.5. The summed E-state index contributed by atoms with van der Waals surface area (Å²) in [5.74, 6) is -1.52. The molecule has 64 heavy (non-hydrogen) atoms. The Balaban J connectivity index is 1.42. The van der Waals surface area contributed by atoms with Crippen molar-refractivity contribution in [2.45, 2.75) is 54.8 Å². The number of carbonyl (C=O) groups excluding carboxylic acids is 4. The minimum absolute atomic E-state index is 0.198. The van der Waals surface area contributed by atoms with Gasteiger partial charge in [0, 0.05) is 11.5 Å². The minimum Gasteiger partial charge on any atom is -0.453 e. The van der Waals surface area contributed by atoms with Crippen molar-refractivity contribution in [2.75, 3.05) is 18.1 Å². The third-order valence-electron chi connectivity index (χ3n) is 10.8. The molecule has 7 rings (SSSR count). The minimum atomic E-state index is -3.37. The Morgan fingerprint density at radius 2 is 0.812 bits per heavy atom. The Kier molecular flexibility index (Phi) is 15.6. The topological polar surface area (TPSA) is 114 Å². The number of benzene rings is 6. The summed E-state index contributed by atoms with van der Waals surface area (Å²) in [6.45, 7) is 6.04. The van der Waals surface area contributed by atoms with E-state index >= 15 is 0 Å². The van der Waals surface area contributed by atoms with Crippen LogP contribution in [0, 0.1) is 0 Å². The van der Waals surface area contributed by atoms with Crippen LogP contribution in [0.4, 0.5) is 0 Å². The highest BCUT2D eigenvalue weighted by Crippen LogP contribution is 2.41. The Hall–Kier alpha value is -5.92. The molecule has 0 amide bonds. The van der Waals surface area contributed by atoms with Crippen LogP contribution in [-0.4, -0.2) is 79.3 Å². The Bertz CT molecular complexity index is 2390. The van der Waals surface area contributed by atoms with Crippen LogP contribution in [-0.2, 0) is 23.4 Å². The fourth-order valence-corrected chi connectivity index (χ4v) is 15.3. The number of rotatable bonds is 17. The van der Waals surface area contributed by atoms with Gasteiger partial charge in [-0.15, -0.1) is 23.5 Å². The number of esters is 4. The zero-order valence-corrected chi connectivity index (χ0v) is 38.5. The van der Waals surface area contributed by atoms with Crippen LogP contribution in [0.1, 0.15) is 62.2 Å². The Morgan fingerprint density at radius 3 is 1.19 bits per heavy atom. The Morgan fingerprint density at radius 1 is 0.484 bits per heavy atom. The van der Waals surface area contributed by atoms with Crippen molar-refractivity contribution in [3.8, 4) is 0 Å². The molecule has 0 bridgehead atoms. The molecular weight excluding hydrogens is 861 g/mol. The average Bonchev–Trinajstić information content (AvgIpc) is 3.88. The highest BCUT2D eigenvalue weighted by atomic mass is 32.2. The van der Waals surface area contributed by atoms with Gasteiger partial charge in [0.1, 0.15) is 0 Å². The molecule has 1 fully saturated rings. The molecule has 1 heterocycles. The van der Waals surface area contributed by atoms with E-state index in [1.54, 1.807) is 121 Å². The van der Waals surface area contributed by atoms with E-state index in [-0.39, 0.29) is 28.9 Å². The molecule has 0 aliphatic carbocycles. The van der Waals surface area contributed by atoms with Gasteiger partial charge in [-0.1, -0.05) is 154 Å². The van der Waals surface area contributed by atoms with Crippen molar-refractivity contribution in [1.29, 1.82) is 0 Å². The Labute approximate surface area is 384 Å². The van der Waals surface area contributed by atoms with Crippen LogP contribution in [0.15, 0.2) is 182 Å². The van der Waals surface area contributed by atoms with Crippen molar-refractivity contribution in [1.82, 2.24) is 0 Å². The van der Waals surface area contributed by atoms with Gasteiger partial charge in [-0.2, -0.15) is 0 Å². The van der Waals surface area contributed by atoms with Crippen LogP contribution >= 0.6 is 23.5 Å². The summed E-state index contributed by atoms with van der Waals surface area (Å²) in [6.07, 6.45) is -5.80. The normalized spacial score (nSPS) is 14.9. The molecule has 0 unspecified atom stereocenters. The first-order valence-electron chi connectivity index (χ1n) is 21.1. The molecule has 9 nitrogen and oxygen atoms in total. The zero-order valence-electron chi connectivity index (χ0n) is 35.8. The van der Waals surface area contributed by atoms with Crippen LogP contribution in [0.2, 0.25) is 5.04 Å². The maximum Gasteiger partial charge on any atom is 0.338 e. The lowest BCUT2D eigenvalue weighted by atomic mass is 10.0. The number of thioether (sulfide) groups is 2. The SMILES string of the molecule is CC(C)(C)[Si](OC[C@@H](OC(=O)c1ccccc1)[C@H](OC(=O)c1ccccc1)[C@H](OC(=O)c1ccccc1)[C@@H](OC(=O)c1ccccc1)C1SCCS1)(c1ccccc1)c1ccccc1. The summed E-state index contributed by atoms with van der Waals surface area (Å²) < 4.78 is 33.0. The van der Waals surface area contributed by atoms with Gasteiger partial charge in [0.25, 0.3) is 8.32 Å². The number of ether oxygens (including phenoxy) is 4. The summed E-state index contributed by atoms with van der Waals surface area (Å²) in [5, 5.41) is 1.41. The predicted octanol–water partition coefficient (Wildman–Crippen LogP) is 9.27. The molecule has 0 spiro atoms. The zero-order chi connectivity index (χ0) is 44.9. The second-order valence-corrected chi connectivity index (χ2v) is 23.2. The summed E-state index contributed by atoms with van der Waals surface area (Å²) in [6, 6.07) is 53.7. The number of carbonyl (C=O) groups is 4. The van der Waals surface area contributed by atoms with E-state index in [9.17, 15) is 19.2 Å². The smallest absolute Gasteiger partial charge is 0.338 e. The number of hydrogen-bond donors (Lipinski definition) is 0. The molecule has 0 N–H and O–H groups in total. The number of hydrogen-bond acceptors (Lipinski definition) is 11. The molecule has 1 saturated heterocycles. The van der Waals surface area contributed by atoms with Crippen molar-refractivity contribution in [3.63, 3.8) is 0 Å². The van der Waals surface area contributed by atoms with E-state index in [2.05, 4.69) is 20.8 Å². The highest BCUT2D eigenvalue weighted by Gasteiger charge is 2.53. The molecule has 1 aliphatic heterocycles. The van der Waals surface area contributed by atoms with E-state index in [0.717, 1.165) is 10.4 Å². The third kappa shape index (κ3) is 11.0. The summed E-state index contributed by atoms with van der Waals surface area (Å²) in [7, 11) is -3.37. The first-order valence-corrected chi connectivity index (χ1v) is 25.1. The van der Waals surface area contributed by atoms with Crippen molar-refractivity contribution in [3.05, 3.63) is 204 Å². The molecule has 4 atom stereocenters. The quantitative estimate of drug-likeness (QED) is 0.0496. The fraction of sp³-hybridized carbons (Fsp3) is 0.231. The largest absolute Gasteiger partial charge is 0.453 e. The first kappa shape index (κ1) is 46.1. The second kappa shape index (κ2) is 21.6. The molecular formula is C52H50O9S2Si. The average molecular weight is 911 g/mol. The summed E-state index contributed by atoms with van der Waals surface area (Å²) >= 11 is 3.06. The standard InChI is InChI=1S/C52H50O9S2Si/c1-52(2,3)64(41-30-18-8-19-31-41,42-32-20-9-21-33-42)57-36-43(58-47(53)37-22-10-4-11-23-37)44(59-48(54)38-24-12-5-13-25-38)45(60-49(55)39-26-14-6-15-27-39)46(51-62-34-35-63-51)61-50(56)40-28-16-7-17-29-40/h4-33,43-46,51H,34-36H2,1-3H3/t43-,44+,45+,46-/m1/s1. The van der Waals surface area contributed by atoms with Crippen LogP contribution < -0.4 is 10.4 Å². The fourth-order valence-electron chi connectivity index (χ4n) is 7.76. The van der Waals surface area contributed by atoms with Crippen molar-refractivity contribution < 1.29 is 42.6 Å². The van der Waals surface area contributed by atoms with Gasteiger partial charge in [0.2, 0.25) is 0 Å². The van der Waals surface area contributed by atoms with E-state index in [0.29, 0.717) is 11.5 Å². The van der Waals surface area contributed by atoms with Crippen molar-refractivity contribution >= 4 is 66.1 Å². The van der Waals surface area contributed by atoms with Crippen LogP contribution in [0.25, 0.3) is 0 Å². The van der Waals surface area contributed by atoms with Gasteiger partial charge in [-0.25, -0.2) is 19.2 Å². The highest BCUT2D eigenvalue weighted by molar-refractivity contribution is 8.20. The van der Waals surface area contributed by atoms with Gasteiger partial charge in [-0.3, -0.25) is 0 Å². The molecule has 0 radical (unpaired) electrons. The van der Waals surface area contributed by atoms with E-state index in [1.165, 1.54) is 23.5 Å². The second-order valence-electron chi connectivity index (χ2n) is 16.1. The maximum atomic E-state index is 14.5. The molecule has 1 aliphatic rings. The van der Waals surface area contributed by atoms with Gasteiger partial charge in [0.05, 0.1) is 33.4 Å². The lowest BCUT2D eigenvalue weighted by Gasteiger charge is -2.44. The lowest BCUT2D eigenvalue weighted by Crippen LogP contribution is -2.67. The first-order chi connectivity index (χ1) is 31.0. The van der Waals surface area contributed by atoms with Crippen LogP contribution in [0.3, 0.4) is 0 Å². The van der Waals surface area contributed by atoms with E-state index in [4.69, 9.17) is 23.4 Å². The van der Waals surface area contributed by atoms with Gasteiger partial charge < -0.3 is 23.4 Å². The van der Waals surface area contributed by atoms with E-state index in [1.807, 2.05) is 60.7 Å². The van der Waals surface area contributed by atoms with Gasteiger partial charge >= 0.3 is 23.9 Å². The van der Waals surface area contributed by atoms with Crippen molar-refractivity contribution in [2.24, 2.45) is 0 Å². The monoisotopic (exact) mass is 910 g/mol. The van der Waals surface area contributed by atoms with E-state index < -0.39 is 66.2 Å². The predicted molar refractivity (Wildman–Crippen MR) is 255 cm³/mol.